The van der Waals surface area contributed by atoms with Gasteiger partial charge in [0, 0.05) is 30.4 Å². The monoisotopic (exact) mass is 382 g/mol. The van der Waals surface area contributed by atoms with E-state index in [2.05, 4.69) is 6.92 Å². The fraction of sp³-hybridized carbons (Fsp3) is 0.364. The molecular weight excluding hydrogens is 356 g/mol. The van der Waals surface area contributed by atoms with Crippen LogP contribution in [0.15, 0.2) is 42.5 Å². The minimum atomic E-state index is -0.552. The number of carbonyl (C=O) groups excluding carboxylic acids is 2. The maximum atomic E-state index is 13.1. The fourth-order valence-corrected chi connectivity index (χ4v) is 3.56. The molecule has 1 heterocycles. The summed E-state index contributed by atoms with van der Waals surface area (Å²) in [5.41, 5.74) is 2.50. The molecule has 0 bridgehead atoms. The summed E-state index contributed by atoms with van der Waals surface area (Å²) in [5.74, 6) is 0.797. The minimum absolute atomic E-state index is 0.0737. The van der Waals surface area contributed by atoms with Gasteiger partial charge >= 0.3 is 0 Å². The Kier molecular flexibility index (Phi) is 5.87. The van der Waals surface area contributed by atoms with E-state index < -0.39 is 6.04 Å². The highest BCUT2D eigenvalue weighted by Crippen LogP contribution is 2.28. The van der Waals surface area contributed by atoms with Crippen molar-refractivity contribution in [2.45, 2.75) is 26.3 Å². The van der Waals surface area contributed by atoms with Crippen LogP contribution in [0, 0.1) is 0 Å². The summed E-state index contributed by atoms with van der Waals surface area (Å²) in [4.78, 5) is 29.6. The molecule has 1 saturated heterocycles. The van der Waals surface area contributed by atoms with Crippen molar-refractivity contribution in [2.24, 2.45) is 0 Å². The molecule has 0 unspecified atom stereocenters. The van der Waals surface area contributed by atoms with Crippen LogP contribution in [-0.2, 0) is 11.2 Å². The van der Waals surface area contributed by atoms with Crippen molar-refractivity contribution >= 4 is 17.5 Å². The van der Waals surface area contributed by atoms with Crippen molar-refractivity contribution in [3.05, 3.63) is 53.6 Å². The number of rotatable bonds is 5. The van der Waals surface area contributed by atoms with E-state index in [4.69, 9.17) is 9.47 Å². The molecule has 2 amide bonds. The van der Waals surface area contributed by atoms with Crippen molar-refractivity contribution in [3.63, 3.8) is 0 Å². The predicted octanol–water partition coefficient (Wildman–Crippen LogP) is 3.14. The van der Waals surface area contributed by atoms with Crippen LogP contribution in [0.2, 0.25) is 0 Å². The van der Waals surface area contributed by atoms with Crippen LogP contribution in [-0.4, -0.2) is 50.1 Å². The zero-order chi connectivity index (χ0) is 20.3. The van der Waals surface area contributed by atoms with Gasteiger partial charge in [-0.1, -0.05) is 25.1 Å². The number of carbonyl (C=O) groups is 2. The van der Waals surface area contributed by atoms with E-state index in [1.54, 1.807) is 49.1 Å². The molecule has 2 aromatic carbocycles. The zero-order valence-corrected chi connectivity index (χ0v) is 16.8. The maximum absolute atomic E-state index is 13.1. The highest BCUT2D eigenvalue weighted by Gasteiger charge is 2.36. The molecule has 3 rings (SSSR count). The van der Waals surface area contributed by atoms with Crippen molar-refractivity contribution in [3.8, 4) is 11.5 Å². The van der Waals surface area contributed by atoms with Gasteiger partial charge in [0.2, 0.25) is 5.91 Å². The number of nitrogens with zero attached hydrogens (tertiary/aromatic N) is 2. The number of ether oxygens (including phenoxy) is 2. The lowest BCUT2D eigenvalue weighted by atomic mass is 10.1. The van der Waals surface area contributed by atoms with Gasteiger partial charge in [-0.25, -0.2) is 0 Å². The van der Waals surface area contributed by atoms with Crippen molar-refractivity contribution in [1.29, 1.82) is 0 Å². The van der Waals surface area contributed by atoms with Crippen molar-refractivity contribution in [1.82, 2.24) is 4.90 Å². The van der Waals surface area contributed by atoms with E-state index in [1.165, 1.54) is 0 Å². The van der Waals surface area contributed by atoms with Gasteiger partial charge in [-0.15, -0.1) is 0 Å². The number of hydrogen-bond donors (Lipinski definition) is 0. The van der Waals surface area contributed by atoms with Gasteiger partial charge in [0.15, 0.2) is 0 Å². The molecule has 1 aliphatic heterocycles. The Balaban J connectivity index is 1.85. The number of aryl methyl sites for hydroxylation is 1. The Morgan fingerprint density at radius 1 is 1.07 bits per heavy atom. The first-order valence-electron chi connectivity index (χ1n) is 9.43. The van der Waals surface area contributed by atoms with Crippen LogP contribution in [0.3, 0.4) is 0 Å². The molecule has 1 atom stereocenters. The number of methoxy groups -OCH3 is 2. The van der Waals surface area contributed by atoms with Crippen LogP contribution in [0.5, 0.6) is 11.5 Å². The number of piperazine rings is 1. The van der Waals surface area contributed by atoms with E-state index in [9.17, 15) is 9.59 Å². The quantitative estimate of drug-likeness (QED) is 0.797. The molecule has 0 spiro atoms. The number of amides is 2. The molecule has 1 aliphatic rings. The Hall–Kier alpha value is -3.02. The Morgan fingerprint density at radius 2 is 1.71 bits per heavy atom. The van der Waals surface area contributed by atoms with Gasteiger partial charge in [0.25, 0.3) is 5.91 Å². The topological polar surface area (TPSA) is 59.1 Å². The Morgan fingerprint density at radius 3 is 2.32 bits per heavy atom. The zero-order valence-electron chi connectivity index (χ0n) is 16.8. The van der Waals surface area contributed by atoms with Gasteiger partial charge in [-0.3, -0.25) is 9.59 Å². The lowest BCUT2D eigenvalue weighted by molar-refractivity contribution is -0.124. The van der Waals surface area contributed by atoms with Gasteiger partial charge in [-0.05, 0) is 37.1 Å². The lowest BCUT2D eigenvalue weighted by Gasteiger charge is -2.39. The molecule has 148 valence electrons. The van der Waals surface area contributed by atoms with Crippen LogP contribution in [0.25, 0.3) is 0 Å². The molecule has 0 aliphatic carbocycles. The number of para-hydroxylation sites is 1. The van der Waals surface area contributed by atoms with Gasteiger partial charge in [0.05, 0.1) is 14.2 Å². The minimum Gasteiger partial charge on any atom is -0.497 e. The predicted molar refractivity (Wildman–Crippen MR) is 108 cm³/mol. The molecule has 0 aromatic heterocycles. The highest BCUT2D eigenvalue weighted by atomic mass is 16.5. The molecule has 6 nitrogen and oxygen atoms in total. The largest absolute Gasteiger partial charge is 0.497 e. The first-order valence-corrected chi connectivity index (χ1v) is 9.43. The Labute approximate surface area is 165 Å². The summed E-state index contributed by atoms with van der Waals surface area (Å²) in [6.45, 7) is 4.78. The van der Waals surface area contributed by atoms with Crippen LogP contribution < -0.4 is 14.4 Å². The molecule has 28 heavy (non-hydrogen) atoms. The van der Waals surface area contributed by atoms with Gasteiger partial charge < -0.3 is 19.3 Å². The third-order valence-corrected chi connectivity index (χ3v) is 5.18. The molecule has 0 radical (unpaired) electrons. The number of benzene rings is 2. The normalized spacial score (nSPS) is 16.9. The van der Waals surface area contributed by atoms with E-state index in [0.717, 1.165) is 17.7 Å². The first kappa shape index (κ1) is 19.7. The highest BCUT2D eigenvalue weighted by molar-refractivity contribution is 6.04. The summed E-state index contributed by atoms with van der Waals surface area (Å²) < 4.78 is 10.5. The average molecular weight is 382 g/mol. The summed E-state index contributed by atoms with van der Waals surface area (Å²) >= 11 is 0. The standard InChI is InChI=1S/C22H26N2O4/c1-5-16-8-6-7-9-20(16)24-11-10-23(15(2)21(24)25)22(26)17-12-18(27-3)14-19(13-17)28-4/h6-9,12-15H,5,10-11H2,1-4H3/t15-/m0/s1. The molecule has 0 saturated carbocycles. The molecule has 6 heteroatoms. The average Bonchev–Trinajstić information content (AvgIpc) is 2.74. The van der Waals surface area contributed by atoms with E-state index in [0.29, 0.717) is 30.2 Å². The van der Waals surface area contributed by atoms with Crippen LogP contribution in [0.4, 0.5) is 5.69 Å². The fourth-order valence-electron chi connectivity index (χ4n) is 3.56. The van der Waals surface area contributed by atoms with E-state index in [1.807, 2.05) is 24.3 Å². The number of anilines is 1. The summed E-state index contributed by atoms with van der Waals surface area (Å²) in [6, 6.07) is 12.4. The third-order valence-electron chi connectivity index (χ3n) is 5.18. The second-order valence-corrected chi connectivity index (χ2v) is 6.75. The van der Waals surface area contributed by atoms with E-state index >= 15 is 0 Å². The van der Waals surface area contributed by atoms with Crippen LogP contribution >= 0.6 is 0 Å². The first-order chi connectivity index (χ1) is 13.5. The summed E-state index contributed by atoms with van der Waals surface area (Å²) in [7, 11) is 3.08. The molecule has 2 aromatic rings. The van der Waals surface area contributed by atoms with Gasteiger partial charge in [-0.2, -0.15) is 0 Å². The summed E-state index contributed by atoms with van der Waals surface area (Å²) in [5, 5.41) is 0. The maximum Gasteiger partial charge on any atom is 0.254 e. The van der Waals surface area contributed by atoms with E-state index in [-0.39, 0.29) is 11.8 Å². The molecular formula is C22H26N2O4. The second kappa shape index (κ2) is 8.33. The second-order valence-electron chi connectivity index (χ2n) is 6.75. The van der Waals surface area contributed by atoms with Crippen molar-refractivity contribution < 1.29 is 19.1 Å². The van der Waals surface area contributed by atoms with Crippen molar-refractivity contribution in [2.75, 3.05) is 32.2 Å². The van der Waals surface area contributed by atoms with Gasteiger partial charge in [0.1, 0.15) is 17.5 Å². The molecule has 0 N–H and O–H groups in total. The SMILES string of the molecule is CCc1ccccc1N1CCN(C(=O)c2cc(OC)cc(OC)c2)[C@@H](C)C1=O. The third kappa shape index (κ3) is 3.67. The number of hydrogen-bond acceptors (Lipinski definition) is 4. The summed E-state index contributed by atoms with van der Waals surface area (Å²) in [6.07, 6.45) is 0.848. The smallest absolute Gasteiger partial charge is 0.254 e. The molecule has 1 fully saturated rings. The van der Waals surface area contributed by atoms with Crippen LogP contribution in [0.1, 0.15) is 29.8 Å². The Bertz CT molecular complexity index is 858. The lowest BCUT2D eigenvalue weighted by Crippen LogP contribution is -2.58.